The maximum atomic E-state index is 5.52. The molecule has 0 radical (unpaired) electrons. The molecule has 0 aliphatic carbocycles. The lowest BCUT2D eigenvalue weighted by Gasteiger charge is -2.02. The predicted molar refractivity (Wildman–Crippen MR) is 69.1 cm³/mol. The highest BCUT2D eigenvalue weighted by molar-refractivity contribution is 9.10. The molecule has 0 atom stereocenters. The van der Waals surface area contributed by atoms with E-state index in [9.17, 15) is 0 Å². The Balaban J connectivity index is 2.26. The number of aryl methyl sites for hydroxylation is 1. The van der Waals surface area contributed by atoms with Crippen LogP contribution in [0, 0.1) is 0 Å². The molecule has 16 heavy (non-hydrogen) atoms. The molecule has 0 aliphatic heterocycles. The van der Waals surface area contributed by atoms with E-state index in [-0.39, 0.29) is 0 Å². The van der Waals surface area contributed by atoms with Gasteiger partial charge in [0.05, 0.1) is 11.9 Å². The van der Waals surface area contributed by atoms with Crippen LogP contribution in [0.15, 0.2) is 34.9 Å². The summed E-state index contributed by atoms with van der Waals surface area (Å²) in [7, 11) is 0. The topological polar surface area (TPSA) is 54.7 Å². The second kappa shape index (κ2) is 5.27. The predicted octanol–water partition coefficient (Wildman–Crippen LogP) is 2.73. The van der Waals surface area contributed by atoms with Gasteiger partial charge in [0.2, 0.25) is 0 Å². The Morgan fingerprint density at radius 1 is 1.25 bits per heavy atom. The number of halogens is 1. The van der Waals surface area contributed by atoms with Gasteiger partial charge in [0, 0.05) is 4.47 Å². The molecule has 2 aromatic rings. The molecule has 0 spiro atoms. The molecule has 0 saturated carbocycles. The molecule has 84 valence electrons. The van der Waals surface area contributed by atoms with E-state index in [0.29, 0.717) is 6.54 Å². The highest BCUT2D eigenvalue weighted by atomic mass is 79.9. The van der Waals surface area contributed by atoms with Crippen LogP contribution in [0.1, 0.15) is 12.0 Å². The third-order valence-electron chi connectivity index (χ3n) is 2.50. The molecule has 0 aliphatic rings. The molecule has 2 rings (SSSR count). The van der Waals surface area contributed by atoms with Crippen LogP contribution in [0.25, 0.3) is 11.3 Å². The van der Waals surface area contributed by atoms with E-state index in [1.807, 2.05) is 18.3 Å². The van der Waals surface area contributed by atoms with Gasteiger partial charge in [-0.05, 0) is 42.6 Å². The molecule has 3 N–H and O–H groups in total. The van der Waals surface area contributed by atoms with Gasteiger partial charge in [0.15, 0.2) is 0 Å². The lowest BCUT2D eigenvalue weighted by Crippen LogP contribution is -2.00. The van der Waals surface area contributed by atoms with Gasteiger partial charge in [0.25, 0.3) is 0 Å². The van der Waals surface area contributed by atoms with E-state index < -0.39 is 0 Å². The lowest BCUT2D eigenvalue weighted by molar-refractivity contribution is 0.834. The van der Waals surface area contributed by atoms with Crippen molar-refractivity contribution in [3.8, 4) is 11.3 Å². The minimum absolute atomic E-state index is 0.713. The van der Waals surface area contributed by atoms with E-state index >= 15 is 0 Å². The molecule has 0 saturated heterocycles. The largest absolute Gasteiger partial charge is 0.330 e. The quantitative estimate of drug-likeness (QED) is 0.904. The van der Waals surface area contributed by atoms with Crippen molar-refractivity contribution in [1.29, 1.82) is 0 Å². The Morgan fingerprint density at radius 3 is 2.69 bits per heavy atom. The minimum atomic E-state index is 0.713. The monoisotopic (exact) mass is 279 g/mol. The average Bonchev–Trinajstić information content (AvgIpc) is 2.75. The van der Waals surface area contributed by atoms with Crippen LogP contribution < -0.4 is 5.73 Å². The summed E-state index contributed by atoms with van der Waals surface area (Å²) >= 11 is 3.43. The van der Waals surface area contributed by atoms with Crippen LogP contribution in [0.3, 0.4) is 0 Å². The number of hydrogen-bond acceptors (Lipinski definition) is 2. The van der Waals surface area contributed by atoms with E-state index in [4.69, 9.17) is 5.73 Å². The summed E-state index contributed by atoms with van der Waals surface area (Å²) < 4.78 is 1.08. The van der Waals surface area contributed by atoms with E-state index in [1.54, 1.807) is 0 Å². The van der Waals surface area contributed by atoms with Crippen LogP contribution in [0.4, 0.5) is 0 Å². The summed E-state index contributed by atoms with van der Waals surface area (Å²) in [5.41, 5.74) is 9.00. The summed E-state index contributed by atoms with van der Waals surface area (Å²) in [6.45, 7) is 0.713. The van der Waals surface area contributed by atoms with Crippen molar-refractivity contribution < 1.29 is 0 Å². The smallest absolute Gasteiger partial charge is 0.0682 e. The second-order valence-corrected chi connectivity index (χ2v) is 4.59. The Hall–Kier alpha value is -1.13. The van der Waals surface area contributed by atoms with E-state index in [1.165, 1.54) is 5.56 Å². The fraction of sp³-hybridized carbons (Fsp3) is 0.250. The first-order chi connectivity index (χ1) is 7.81. The average molecular weight is 280 g/mol. The van der Waals surface area contributed by atoms with Crippen molar-refractivity contribution in [3.63, 3.8) is 0 Å². The van der Waals surface area contributed by atoms with E-state index in [2.05, 4.69) is 38.3 Å². The van der Waals surface area contributed by atoms with Crippen molar-refractivity contribution in [3.05, 3.63) is 40.5 Å². The fourth-order valence-corrected chi connectivity index (χ4v) is 1.92. The highest BCUT2D eigenvalue weighted by Crippen LogP contribution is 2.23. The summed E-state index contributed by atoms with van der Waals surface area (Å²) in [6.07, 6.45) is 3.84. The third kappa shape index (κ3) is 2.51. The molecule has 4 heteroatoms. The standard InChI is InChI=1S/C12H14BrN3/c13-11-5-3-9(4-6-11)12-10(2-1-7-14)8-15-16-12/h3-6,8H,1-2,7,14H2,(H,15,16). The van der Waals surface area contributed by atoms with Gasteiger partial charge in [-0.15, -0.1) is 0 Å². The SMILES string of the molecule is NCCCc1cn[nH]c1-c1ccc(Br)cc1. The number of nitrogens with one attached hydrogen (secondary N) is 1. The van der Waals surface area contributed by atoms with Crippen molar-refractivity contribution in [2.24, 2.45) is 5.73 Å². The Kier molecular flexibility index (Phi) is 3.74. The molecule has 0 bridgehead atoms. The highest BCUT2D eigenvalue weighted by Gasteiger charge is 2.06. The third-order valence-corrected chi connectivity index (χ3v) is 3.03. The molecular weight excluding hydrogens is 266 g/mol. The second-order valence-electron chi connectivity index (χ2n) is 3.67. The van der Waals surface area contributed by atoms with Crippen molar-refractivity contribution in [2.75, 3.05) is 6.54 Å². The summed E-state index contributed by atoms with van der Waals surface area (Å²) in [4.78, 5) is 0. The summed E-state index contributed by atoms with van der Waals surface area (Å²) in [6, 6.07) is 8.21. The number of rotatable bonds is 4. The van der Waals surface area contributed by atoms with Crippen molar-refractivity contribution >= 4 is 15.9 Å². The van der Waals surface area contributed by atoms with Crippen molar-refractivity contribution in [2.45, 2.75) is 12.8 Å². The van der Waals surface area contributed by atoms with Gasteiger partial charge in [0.1, 0.15) is 0 Å². The Bertz CT molecular complexity index is 448. The zero-order valence-electron chi connectivity index (χ0n) is 8.91. The van der Waals surface area contributed by atoms with Gasteiger partial charge >= 0.3 is 0 Å². The minimum Gasteiger partial charge on any atom is -0.330 e. The number of H-pyrrole nitrogens is 1. The molecule has 3 nitrogen and oxygen atoms in total. The fourth-order valence-electron chi connectivity index (χ4n) is 1.66. The van der Waals surface area contributed by atoms with Crippen LogP contribution >= 0.6 is 15.9 Å². The first kappa shape index (κ1) is 11.4. The van der Waals surface area contributed by atoms with Crippen LogP contribution in [0.5, 0.6) is 0 Å². The molecular formula is C12H14BrN3. The maximum Gasteiger partial charge on any atom is 0.0682 e. The maximum absolute atomic E-state index is 5.52. The summed E-state index contributed by atoms with van der Waals surface area (Å²) in [5.74, 6) is 0. The van der Waals surface area contributed by atoms with Gasteiger partial charge in [-0.3, -0.25) is 5.10 Å². The molecule has 0 unspecified atom stereocenters. The van der Waals surface area contributed by atoms with Gasteiger partial charge < -0.3 is 5.73 Å². The summed E-state index contributed by atoms with van der Waals surface area (Å²) in [5, 5.41) is 7.14. The molecule has 1 aromatic carbocycles. The molecule has 1 heterocycles. The normalized spacial score (nSPS) is 10.6. The van der Waals surface area contributed by atoms with Gasteiger partial charge in [-0.25, -0.2) is 0 Å². The van der Waals surface area contributed by atoms with E-state index in [0.717, 1.165) is 28.6 Å². The zero-order valence-corrected chi connectivity index (χ0v) is 10.5. The molecule has 0 amide bonds. The molecule has 1 aromatic heterocycles. The van der Waals surface area contributed by atoms with Crippen LogP contribution in [-0.2, 0) is 6.42 Å². The van der Waals surface area contributed by atoms with Gasteiger partial charge in [-0.2, -0.15) is 5.10 Å². The molecule has 0 fully saturated rings. The number of hydrogen-bond donors (Lipinski definition) is 2. The Labute approximate surface area is 103 Å². The lowest BCUT2D eigenvalue weighted by atomic mass is 10.1. The van der Waals surface area contributed by atoms with Crippen LogP contribution in [-0.4, -0.2) is 16.7 Å². The number of nitrogens with two attached hydrogens (primary N) is 1. The number of nitrogens with zero attached hydrogens (tertiary/aromatic N) is 1. The van der Waals surface area contributed by atoms with Gasteiger partial charge in [-0.1, -0.05) is 28.1 Å². The zero-order chi connectivity index (χ0) is 11.4. The Morgan fingerprint density at radius 2 is 2.00 bits per heavy atom. The number of aromatic amines is 1. The number of benzene rings is 1. The van der Waals surface area contributed by atoms with Crippen molar-refractivity contribution in [1.82, 2.24) is 10.2 Å². The first-order valence-electron chi connectivity index (χ1n) is 5.29. The number of aromatic nitrogens is 2. The van der Waals surface area contributed by atoms with Crippen LogP contribution in [0.2, 0.25) is 0 Å². The first-order valence-corrected chi connectivity index (χ1v) is 6.09.